The van der Waals surface area contributed by atoms with Crippen molar-refractivity contribution < 1.29 is 13.6 Å². The summed E-state index contributed by atoms with van der Waals surface area (Å²) < 4.78 is 26.4. The lowest BCUT2D eigenvalue weighted by molar-refractivity contribution is -0.131. The molecule has 0 bridgehead atoms. The van der Waals surface area contributed by atoms with Crippen molar-refractivity contribution in [2.75, 3.05) is 13.1 Å². The Kier molecular flexibility index (Phi) is 4.47. The van der Waals surface area contributed by atoms with Crippen molar-refractivity contribution in [2.45, 2.75) is 31.7 Å². The van der Waals surface area contributed by atoms with E-state index in [-0.39, 0.29) is 30.4 Å². The Morgan fingerprint density at radius 2 is 2.21 bits per heavy atom. The van der Waals surface area contributed by atoms with Gasteiger partial charge in [0.15, 0.2) is 0 Å². The summed E-state index contributed by atoms with van der Waals surface area (Å²) in [6.07, 6.45) is 2.30. The van der Waals surface area contributed by atoms with Gasteiger partial charge >= 0.3 is 0 Å². The van der Waals surface area contributed by atoms with E-state index in [1.54, 1.807) is 4.90 Å². The summed E-state index contributed by atoms with van der Waals surface area (Å²) in [5.74, 6) is -0.979. The topological polar surface area (TPSA) is 46.3 Å². The highest BCUT2D eigenvalue weighted by Gasteiger charge is 2.27. The third-order valence-electron chi connectivity index (χ3n) is 3.59. The van der Waals surface area contributed by atoms with Crippen molar-refractivity contribution >= 4 is 5.91 Å². The van der Waals surface area contributed by atoms with Crippen molar-refractivity contribution in [3.63, 3.8) is 0 Å². The fourth-order valence-corrected chi connectivity index (χ4v) is 2.53. The highest BCUT2D eigenvalue weighted by molar-refractivity contribution is 5.77. The van der Waals surface area contributed by atoms with Gasteiger partial charge in [-0.25, -0.2) is 8.78 Å². The highest BCUT2D eigenvalue weighted by Crippen LogP contribution is 2.19. The molecule has 1 aromatic rings. The van der Waals surface area contributed by atoms with E-state index < -0.39 is 11.6 Å². The maximum atomic E-state index is 13.4. The summed E-state index contributed by atoms with van der Waals surface area (Å²) in [5.41, 5.74) is 5.86. The molecule has 2 N–H and O–H groups in total. The molecule has 1 aliphatic rings. The molecule has 1 saturated heterocycles. The molecule has 1 unspecified atom stereocenters. The van der Waals surface area contributed by atoms with E-state index in [0.717, 1.165) is 31.0 Å². The van der Waals surface area contributed by atoms with Crippen LogP contribution in [0.5, 0.6) is 0 Å². The average molecular weight is 268 g/mol. The molecule has 0 spiro atoms. The van der Waals surface area contributed by atoms with E-state index in [2.05, 4.69) is 0 Å². The van der Waals surface area contributed by atoms with Gasteiger partial charge in [0, 0.05) is 25.6 Å². The zero-order chi connectivity index (χ0) is 13.8. The van der Waals surface area contributed by atoms with Crippen LogP contribution in [0.3, 0.4) is 0 Å². The number of aryl methyl sites for hydroxylation is 1. The standard InChI is InChI=1S/C14H18F2N2O/c15-11-4-5-13(16)10(8-11)3-6-14(19)18-7-1-2-12(18)9-17/h4-5,8,12H,1-3,6-7,9,17H2. The fourth-order valence-electron chi connectivity index (χ4n) is 2.53. The summed E-state index contributed by atoms with van der Waals surface area (Å²) >= 11 is 0. The predicted molar refractivity (Wildman–Crippen MR) is 68.5 cm³/mol. The van der Waals surface area contributed by atoms with Gasteiger partial charge in [0.2, 0.25) is 5.91 Å². The van der Waals surface area contributed by atoms with Gasteiger partial charge in [-0.05, 0) is 43.0 Å². The summed E-state index contributed by atoms with van der Waals surface area (Å²) in [6, 6.07) is 3.41. The molecule has 1 fully saturated rings. The molecule has 0 aliphatic carbocycles. The van der Waals surface area contributed by atoms with Crippen molar-refractivity contribution in [1.29, 1.82) is 0 Å². The van der Waals surface area contributed by atoms with Crippen molar-refractivity contribution in [3.05, 3.63) is 35.4 Å². The van der Waals surface area contributed by atoms with E-state index in [4.69, 9.17) is 5.73 Å². The molecule has 19 heavy (non-hydrogen) atoms. The normalized spacial score (nSPS) is 18.9. The molecule has 1 heterocycles. The number of carbonyl (C=O) groups excluding carboxylic acids is 1. The first-order valence-electron chi connectivity index (χ1n) is 6.55. The van der Waals surface area contributed by atoms with Crippen molar-refractivity contribution in [1.82, 2.24) is 4.90 Å². The van der Waals surface area contributed by atoms with E-state index in [9.17, 15) is 13.6 Å². The number of nitrogens with zero attached hydrogens (tertiary/aromatic N) is 1. The SMILES string of the molecule is NCC1CCCN1C(=O)CCc1cc(F)ccc1F. The number of halogens is 2. The van der Waals surface area contributed by atoms with Crippen LogP contribution in [0.1, 0.15) is 24.8 Å². The van der Waals surface area contributed by atoms with E-state index in [0.29, 0.717) is 13.1 Å². The minimum atomic E-state index is -0.482. The molecule has 1 aromatic carbocycles. The molecule has 5 heteroatoms. The Morgan fingerprint density at radius 1 is 1.42 bits per heavy atom. The molecular weight excluding hydrogens is 250 g/mol. The maximum absolute atomic E-state index is 13.4. The Hall–Kier alpha value is -1.49. The smallest absolute Gasteiger partial charge is 0.223 e. The third kappa shape index (κ3) is 3.29. The lowest BCUT2D eigenvalue weighted by Crippen LogP contribution is -2.40. The van der Waals surface area contributed by atoms with Crippen LogP contribution in [0.25, 0.3) is 0 Å². The fraction of sp³-hybridized carbons (Fsp3) is 0.500. The van der Waals surface area contributed by atoms with Crippen LogP contribution in [-0.2, 0) is 11.2 Å². The van der Waals surface area contributed by atoms with E-state index >= 15 is 0 Å². The van der Waals surface area contributed by atoms with Crippen LogP contribution < -0.4 is 5.73 Å². The lowest BCUT2D eigenvalue weighted by atomic mass is 10.1. The number of nitrogens with two attached hydrogens (primary N) is 1. The predicted octanol–water partition coefficient (Wildman–Crippen LogP) is 1.85. The first-order valence-corrected chi connectivity index (χ1v) is 6.55. The lowest BCUT2D eigenvalue weighted by Gasteiger charge is -2.23. The first kappa shape index (κ1) is 13.9. The Morgan fingerprint density at radius 3 is 2.95 bits per heavy atom. The second-order valence-electron chi connectivity index (χ2n) is 4.85. The monoisotopic (exact) mass is 268 g/mol. The zero-order valence-corrected chi connectivity index (χ0v) is 10.7. The van der Waals surface area contributed by atoms with E-state index in [1.807, 2.05) is 0 Å². The minimum Gasteiger partial charge on any atom is -0.338 e. The summed E-state index contributed by atoms with van der Waals surface area (Å²) in [6.45, 7) is 1.17. The minimum absolute atomic E-state index is 0.0309. The van der Waals surface area contributed by atoms with E-state index in [1.165, 1.54) is 0 Å². The Balaban J connectivity index is 1.95. The molecule has 3 nitrogen and oxygen atoms in total. The Labute approximate surface area is 111 Å². The molecule has 0 aromatic heterocycles. The number of likely N-dealkylation sites (tertiary alicyclic amines) is 1. The van der Waals surface area contributed by atoms with Gasteiger partial charge in [-0.2, -0.15) is 0 Å². The maximum Gasteiger partial charge on any atom is 0.223 e. The summed E-state index contributed by atoms with van der Waals surface area (Å²) in [5, 5.41) is 0. The van der Waals surface area contributed by atoms with Gasteiger partial charge in [-0.15, -0.1) is 0 Å². The number of hydrogen-bond donors (Lipinski definition) is 1. The molecule has 0 saturated carbocycles. The average Bonchev–Trinajstić information content (AvgIpc) is 2.88. The molecule has 2 rings (SSSR count). The van der Waals surface area contributed by atoms with Gasteiger partial charge in [-0.3, -0.25) is 4.79 Å². The van der Waals surface area contributed by atoms with Crippen LogP contribution >= 0.6 is 0 Å². The van der Waals surface area contributed by atoms with Crippen molar-refractivity contribution in [3.8, 4) is 0 Å². The number of carbonyl (C=O) groups is 1. The molecule has 1 amide bonds. The molecule has 1 atom stereocenters. The Bertz CT molecular complexity index is 465. The second kappa shape index (κ2) is 6.10. The van der Waals surface area contributed by atoms with Gasteiger partial charge in [-0.1, -0.05) is 0 Å². The molecular formula is C14H18F2N2O. The zero-order valence-electron chi connectivity index (χ0n) is 10.7. The van der Waals surface area contributed by atoms with Crippen LogP contribution in [0.15, 0.2) is 18.2 Å². The highest BCUT2D eigenvalue weighted by atomic mass is 19.1. The van der Waals surface area contributed by atoms with Crippen LogP contribution in [-0.4, -0.2) is 29.9 Å². The third-order valence-corrected chi connectivity index (χ3v) is 3.59. The van der Waals surface area contributed by atoms with Crippen LogP contribution in [0.4, 0.5) is 8.78 Å². The quantitative estimate of drug-likeness (QED) is 0.905. The van der Waals surface area contributed by atoms with Crippen LogP contribution in [0.2, 0.25) is 0 Å². The number of benzene rings is 1. The first-order chi connectivity index (χ1) is 9.11. The number of amides is 1. The molecule has 1 aliphatic heterocycles. The summed E-state index contributed by atoms with van der Waals surface area (Å²) in [7, 11) is 0. The second-order valence-corrected chi connectivity index (χ2v) is 4.85. The van der Waals surface area contributed by atoms with Gasteiger partial charge < -0.3 is 10.6 Å². The largest absolute Gasteiger partial charge is 0.338 e. The number of rotatable bonds is 4. The summed E-state index contributed by atoms with van der Waals surface area (Å²) in [4.78, 5) is 13.8. The van der Waals surface area contributed by atoms with Crippen LogP contribution in [0, 0.1) is 11.6 Å². The number of hydrogen-bond acceptors (Lipinski definition) is 2. The molecule has 104 valence electrons. The van der Waals surface area contributed by atoms with Gasteiger partial charge in [0.25, 0.3) is 0 Å². The van der Waals surface area contributed by atoms with Gasteiger partial charge in [0.1, 0.15) is 11.6 Å². The molecule has 0 radical (unpaired) electrons. The van der Waals surface area contributed by atoms with Crippen molar-refractivity contribution in [2.24, 2.45) is 5.73 Å². The van der Waals surface area contributed by atoms with Gasteiger partial charge in [0.05, 0.1) is 0 Å².